The molecule has 0 saturated heterocycles. The molecule has 0 unspecified atom stereocenters. The molecule has 0 atom stereocenters. The SMILES string of the molecule is Fc1ccccc1.O.O.O.O. The van der Waals surface area contributed by atoms with Crippen LogP contribution >= 0.6 is 0 Å². The summed E-state index contributed by atoms with van der Waals surface area (Å²) in [5, 5.41) is 0. The van der Waals surface area contributed by atoms with Gasteiger partial charge in [-0.05, 0) is 12.1 Å². The molecule has 0 aliphatic carbocycles. The van der Waals surface area contributed by atoms with Gasteiger partial charge in [0.1, 0.15) is 5.82 Å². The number of benzene rings is 1. The van der Waals surface area contributed by atoms with Crippen molar-refractivity contribution in [3.05, 3.63) is 36.1 Å². The van der Waals surface area contributed by atoms with Crippen LogP contribution in [0.5, 0.6) is 0 Å². The molecule has 1 rings (SSSR count). The van der Waals surface area contributed by atoms with Crippen LogP contribution < -0.4 is 0 Å². The first-order valence-electron chi connectivity index (χ1n) is 2.10. The number of halogens is 1. The maximum absolute atomic E-state index is 11.9. The lowest BCUT2D eigenvalue weighted by atomic mass is 10.4. The molecule has 1 aromatic rings. The van der Waals surface area contributed by atoms with Gasteiger partial charge in [-0.2, -0.15) is 0 Å². The number of rotatable bonds is 0. The van der Waals surface area contributed by atoms with E-state index in [0.29, 0.717) is 0 Å². The summed E-state index contributed by atoms with van der Waals surface area (Å²) in [6, 6.07) is 7.94. The van der Waals surface area contributed by atoms with E-state index in [0.717, 1.165) is 0 Å². The number of hydrogen-bond donors (Lipinski definition) is 0. The van der Waals surface area contributed by atoms with Gasteiger partial charge in [-0.15, -0.1) is 0 Å². The van der Waals surface area contributed by atoms with E-state index in [2.05, 4.69) is 0 Å². The van der Waals surface area contributed by atoms with Crippen molar-refractivity contribution in [2.75, 3.05) is 0 Å². The summed E-state index contributed by atoms with van der Waals surface area (Å²) < 4.78 is 11.9. The molecule has 68 valence electrons. The topological polar surface area (TPSA) is 126 Å². The van der Waals surface area contributed by atoms with E-state index in [1.165, 1.54) is 12.1 Å². The van der Waals surface area contributed by atoms with Gasteiger partial charge in [-0.3, -0.25) is 0 Å². The first-order chi connectivity index (χ1) is 3.39. The zero-order valence-electron chi connectivity index (χ0n) is 5.76. The minimum absolute atomic E-state index is 0. The lowest BCUT2D eigenvalue weighted by Crippen LogP contribution is -1.63. The first kappa shape index (κ1) is 22.5. The maximum Gasteiger partial charge on any atom is 0.123 e. The standard InChI is InChI=1S/C6H5F.4H2O/c7-6-4-2-1-3-5-6;;;;/h1-5H;4*1H2. The van der Waals surface area contributed by atoms with Gasteiger partial charge in [0, 0.05) is 0 Å². The van der Waals surface area contributed by atoms with Crippen molar-refractivity contribution in [3.63, 3.8) is 0 Å². The fourth-order valence-corrected chi connectivity index (χ4v) is 0.415. The third kappa shape index (κ3) is 8.99. The Kier molecular flexibility index (Phi) is 24.0. The Balaban J connectivity index is -0.0000000612. The molecule has 0 saturated carbocycles. The van der Waals surface area contributed by atoms with E-state index in [-0.39, 0.29) is 27.7 Å². The Hall–Kier alpha value is -1.01. The van der Waals surface area contributed by atoms with Gasteiger partial charge in [0.15, 0.2) is 0 Å². The zero-order valence-corrected chi connectivity index (χ0v) is 5.76. The largest absolute Gasteiger partial charge is 0.412 e. The second kappa shape index (κ2) is 11.7. The van der Waals surface area contributed by atoms with Gasteiger partial charge in [-0.1, -0.05) is 18.2 Å². The van der Waals surface area contributed by atoms with E-state index in [1.807, 2.05) is 0 Å². The monoisotopic (exact) mass is 168 g/mol. The highest BCUT2D eigenvalue weighted by molar-refractivity contribution is 5.02. The highest BCUT2D eigenvalue weighted by Crippen LogP contribution is 1.91. The van der Waals surface area contributed by atoms with Crippen LogP contribution in [0.1, 0.15) is 0 Å². The first-order valence-corrected chi connectivity index (χ1v) is 2.10. The fraction of sp³-hybridized carbons (Fsp3) is 0. The van der Waals surface area contributed by atoms with Crippen LogP contribution in [0.4, 0.5) is 4.39 Å². The van der Waals surface area contributed by atoms with Gasteiger partial charge in [0.2, 0.25) is 0 Å². The molecule has 0 bridgehead atoms. The Morgan fingerprint density at radius 2 is 1.09 bits per heavy atom. The minimum Gasteiger partial charge on any atom is -0.412 e. The maximum atomic E-state index is 11.9. The molecule has 0 radical (unpaired) electrons. The predicted molar refractivity (Wildman–Crippen MR) is 40.9 cm³/mol. The van der Waals surface area contributed by atoms with Gasteiger partial charge in [-0.25, -0.2) is 4.39 Å². The van der Waals surface area contributed by atoms with Crippen molar-refractivity contribution in [2.45, 2.75) is 0 Å². The zero-order chi connectivity index (χ0) is 5.11. The van der Waals surface area contributed by atoms with Crippen LogP contribution in [-0.4, -0.2) is 21.9 Å². The van der Waals surface area contributed by atoms with Gasteiger partial charge >= 0.3 is 0 Å². The summed E-state index contributed by atoms with van der Waals surface area (Å²) in [6.45, 7) is 0. The molecule has 0 aromatic heterocycles. The highest BCUT2D eigenvalue weighted by Gasteiger charge is 1.77. The smallest absolute Gasteiger partial charge is 0.123 e. The van der Waals surface area contributed by atoms with Gasteiger partial charge in [0.25, 0.3) is 0 Å². The Morgan fingerprint density at radius 1 is 0.727 bits per heavy atom. The summed E-state index contributed by atoms with van der Waals surface area (Å²) >= 11 is 0. The molecule has 1 aromatic carbocycles. The van der Waals surface area contributed by atoms with Crippen LogP contribution in [-0.2, 0) is 0 Å². The average molecular weight is 168 g/mol. The summed E-state index contributed by atoms with van der Waals surface area (Å²) in [5.41, 5.74) is 0. The van der Waals surface area contributed by atoms with E-state index in [4.69, 9.17) is 0 Å². The van der Waals surface area contributed by atoms with Crippen molar-refractivity contribution < 1.29 is 26.3 Å². The van der Waals surface area contributed by atoms with E-state index >= 15 is 0 Å². The molecule has 0 aliphatic heterocycles. The van der Waals surface area contributed by atoms with Crippen molar-refractivity contribution in [3.8, 4) is 0 Å². The summed E-state index contributed by atoms with van der Waals surface area (Å²) in [7, 11) is 0. The Labute approximate surface area is 63.5 Å². The van der Waals surface area contributed by atoms with Crippen molar-refractivity contribution >= 4 is 0 Å². The molecule has 0 heterocycles. The quantitative estimate of drug-likeness (QED) is 0.448. The minimum atomic E-state index is -0.178. The van der Waals surface area contributed by atoms with Crippen LogP contribution in [0.2, 0.25) is 0 Å². The lowest BCUT2D eigenvalue weighted by molar-refractivity contribution is 0.628. The second-order valence-electron chi connectivity index (χ2n) is 1.30. The lowest BCUT2D eigenvalue weighted by Gasteiger charge is -1.78. The van der Waals surface area contributed by atoms with Crippen LogP contribution in [0.25, 0.3) is 0 Å². The highest BCUT2D eigenvalue weighted by atomic mass is 19.1. The third-order valence-corrected chi connectivity index (χ3v) is 0.733. The molecular formula is C6H13FO4. The number of hydrogen-bond acceptors (Lipinski definition) is 0. The summed E-state index contributed by atoms with van der Waals surface area (Å²) in [6.07, 6.45) is 0. The predicted octanol–water partition coefficient (Wildman–Crippen LogP) is -1.47. The van der Waals surface area contributed by atoms with E-state index in [9.17, 15) is 4.39 Å². The fourth-order valence-electron chi connectivity index (χ4n) is 0.415. The van der Waals surface area contributed by atoms with Crippen LogP contribution in [0, 0.1) is 5.82 Å². The molecule has 0 aliphatic rings. The molecule has 5 heteroatoms. The van der Waals surface area contributed by atoms with Crippen molar-refractivity contribution in [1.82, 2.24) is 0 Å². The van der Waals surface area contributed by atoms with Gasteiger partial charge in [0.05, 0.1) is 0 Å². The normalized spacial score (nSPS) is 5.55. The second-order valence-corrected chi connectivity index (χ2v) is 1.30. The average Bonchev–Trinajstić information content (AvgIpc) is 1.69. The van der Waals surface area contributed by atoms with Crippen LogP contribution in [0.3, 0.4) is 0 Å². The Morgan fingerprint density at radius 3 is 1.27 bits per heavy atom. The molecule has 0 spiro atoms. The van der Waals surface area contributed by atoms with Crippen LogP contribution in [0.15, 0.2) is 30.3 Å². The van der Waals surface area contributed by atoms with E-state index in [1.54, 1.807) is 18.2 Å². The van der Waals surface area contributed by atoms with Crippen molar-refractivity contribution in [2.24, 2.45) is 0 Å². The molecule has 0 fully saturated rings. The molecule has 8 N–H and O–H groups in total. The third-order valence-electron chi connectivity index (χ3n) is 0.733. The summed E-state index contributed by atoms with van der Waals surface area (Å²) in [5.74, 6) is -0.178. The molecule has 0 amide bonds. The van der Waals surface area contributed by atoms with E-state index < -0.39 is 0 Å². The Bertz CT molecular complexity index is 145. The molecular weight excluding hydrogens is 155 g/mol. The molecule has 4 nitrogen and oxygen atoms in total. The van der Waals surface area contributed by atoms with Gasteiger partial charge < -0.3 is 21.9 Å². The van der Waals surface area contributed by atoms with Crippen molar-refractivity contribution in [1.29, 1.82) is 0 Å². The summed E-state index contributed by atoms with van der Waals surface area (Å²) in [4.78, 5) is 0. The molecule has 11 heavy (non-hydrogen) atoms.